The first kappa shape index (κ1) is 14.6. The lowest BCUT2D eigenvalue weighted by Gasteiger charge is -2.57. The van der Waals surface area contributed by atoms with Gasteiger partial charge in [0.1, 0.15) is 0 Å². The van der Waals surface area contributed by atoms with E-state index in [-0.39, 0.29) is 0 Å². The fraction of sp³-hybridized carbons (Fsp3) is 0.762. The Morgan fingerprint density at radius 1 is 1.09 bits per heavy atom. The van der Waals surface area contributed by atoms with Gasteiger partial charge >= 0.3 is 0 Å². The van der Waals surface area contributed by atoms with Crippen LogP contribution in [0.15, 0.2) is 23.3 Å². The lowest BCUT2D eigenvalue weighted by molar-refractivity contribution is -0.0135. The van der Waals surface area contributed by atoms with Gasteiger partial charge in [-0.05, 0) is 80.0 Å². The molecular formula is C21H29N. The highest BCUT2D eigenvalue weighted by Gasteiger charge is 2.56. The molecule has 118 valence electrons. The van der Waals surface area contributed by atoms with Crippen LogP contribution in [-0.2, 0) is 0 Å². The van der Waals surface area contributed by atoms with Crippen LogP contribution in [0.1, 0.15) is 71.6 Å². The van der Waals surface area contributed by atoms with E-state index >= 15 is 0 Å². The van der Waals surface area contributed by atoms with E-state index in [0.29, 0.717) is 10.8 Å². The number of hydrogen-bond acceptors (Lipinski definition) is 1. The van der Waals surface area contributed by atoms with Crippen molar-refractivity contribution < 1.29 is 0 Å². The normalized spacial score (nSPS) is 48.9. The molecule has 0 radical (unpaired) electrons. The van der Waals surface area contributed by atoms with Crippen LogP contribution in [0.25, 0.3) is 0 Å². The minimum Gasteiger partial charge on any atom is -0.193 e. The molecule has 0 saturated heterocycles. The molecule has 4 aliphatic rings. The minimum atomic E-state index is 0.327. The van der Waals surface area contributed by atoms with Crippen LogP contribution in [0, 0.1) is 39.9 Å². The van der Waals surface area contributed by atoms with Crippen LogP contribution < -0.4 is 0 Å². The first-order valence-corrected chi connectivity index (χ1v) is 9.38. The Bertz CT molecular complexity index is 577. The molecule has 5 atom stereocenters. The smallest absolute Gasteiger partial charge is 0.0911 e. The fourth-order valence-corrected chi connectivity index (χ4v) is 6.86. The van der Waals surface area contributed by atoms with Crippen LogP contribution in [0.4, 0.5) is 0 Å². The Balaban J connectivity index is 1.70. The van der Waals surface area contributed by atoms with Gasteiger partial charge in [0.2, 0.25) is 0 Å². The molecule has 0 aromatic rings. The summed E-state index contributed by atoms with van der Waals surface area (Å²) in [7, 11) is 0. The molecule has 0 aromatic heterocycles. The van der Waals surface area contributed by atoms with Crippen molar-refractivity contribution in [1.29, 1.82) is 5.26 Å². The van der Waals surface area contributed by atoms with Gasteiger partial charge in [-0.1, -0.05) is 37.5 Å². The molecule has 22 heavy (non-hydrogen) atoms. The summed E-state index contributed by atoms with van der Waals surface area (Å²) in [5.41, 5.74) is 4.09. The van der Waals surface area contributed by atoms with Crippen molar-refractivity contribution in [3.05, 3.63) is 23.3 Å². The average Bonchev–Trinajstić information content (AvgIpc) is 2.84. The topological polar surface area (TPSA) is 23.8 Å². The van der Waals surface area contributed by atoms with Gasteiger partial charge in [0.05, 0.1) is 6.07 Å². The molecule has 3 fully saturated rings. The molecule has 0 bridgehead atoms. The summed E-state index contributed by atoms with van der Waals surface area (Å²) in [6.45, 7) is 5.05. The summed E-state index contributed by atoms with van der Waals surface area (Å²) >= 11 is 0. The second-order valence-corrected chi connectivity index (χ2v) is 8.76. The maximum Gasteiger partial charge on any atom is 0.0911 e. The van der Waals surface area contributed by atoms with E-state index in [0.717, 1.165) is 17.8 Å². The van der Waals surface area contributed by atoms with Crippen molar-refractivity contribution in [3.8, 4) is 6.07 Å². The Morgan fingerprint density at radius 2 is 1.91 bits per heavy atom. The Kier molecular flexibility index (Phi) is 3.30. The summed E-state index contributed by atoms with van der Waals surface area (Å²) in [4.78, 5) is 0. The second-order valence-electron chi connectivity index (χ2n) is 8.76. The standard InChI is InChI=1S/C21H29N/c1-20-12-4-3-5-15(20)6-8-17-18-9-7-16(11-14-22)21(18,2)13-10-19(17)20/h6,11,17-19H,3-5,7-10,12-13H2,1-2H3/t17-,18-,19-,20-,21+/m0/s1. The minimum absolute atomic E-state index is 0.327. The zero-order chi connectivity index (χ0) is 15.4. The second kappa shape index (κ2) is 4.98. The number of nitriles is 1. The Hall–Kier alpha value is -1.03. The number of rotatable bonds is 0. The van der Waals surface area contributed by atoms with Crippen LogP contribution in [0.3, 0.4) is 0 Å². The predicted molar refractivity (Wildman–Crippen MR) is 90.0 cm³/mol. The van der Waals surface area contributed by atoms with E-state index in [2.05, 4.69) is 26.0 Å². The van der Waals surface area contributed by atoms with Gasteiger partial charge in [0.25, 0.3) is 0 Å². The summed E-state index contributed by atoms with van der Waals surface area (Å²) in [6, 6.07) is 2.32. The molecule has 0 unspecified atom stereocenters. The number of allylic oxidation sites excluding steroid dienone is 4. The van der Waals surface area contributed by atoms with Crippen LogP contribution >= 0.6 is 0 Å². The Morgan fingerprint density at radius 3 is 2.73 bits per heavy atom. The highest BCUT2D eigenvalue weighted by atomic mass is 14.6. The SMILES string of the molecule is C[C@]12CCCCC1=CC[C@@H]1[C@@H]2CC[C@]2(C)C(=CC#N)CC[C@@H]12. The summed E-state index contributed by atoms with van der Waals surface area (Å²) in [5, 5.41) is 9.12. The maximum absolute atomic E-state index is 9.12. The predicted octanol–water partition coefficient (Wildman–Crippen LogP) is 5.79. The van der Waals surface area contributed by atoms with Gasteiger partial charge < -0.3 is 0 Å². The van der Waals surface area contributed by atoms with Gasteiger partial charge in [0.15, 0.2) is 0 Å². The molecule has 0 amide bonds. The quantitative estimate of drug-likeness (QED) is 0.410. The zero-order valence-electron chi connectivity index (χ0n) is 14.2. The van der Waals surface area contributed by atoms with E-state index in [1.165, 1.54) is 63.4 Å². The molecule has 4 aliphatic carbocycles. The van der Waals surface area contributed by atoms with Crippen molar-refractivity contribution >= 4 is 0 Å². The first-order chi connectivity index (χ1) is 10.6. The molecule has 1 heteroatoms. The molecule has 1 nitrogen and oxygen atoms in total. The summed E-state index contributed by atoms with van der Waals surface area (Å²) in [6.07, 6.45) is 16.7. The van der Waals surface area contributed by atoms with Gasteiger partial charge in [-0.15, -0.1) is 0 Å². The van der Waals surface area contributed by atoms with Crippen molar-refractivity contribution in [2.75, 3.05) is 0 Å². The molecule has 0 N–H and O–H groups in total. The van der Waals surface area contributed by atoms with Gasteiger partial charge in [-0.2, -0.15) is 5.26 Å². The molecule has 3 saturated carbocycles. The highest BCUT2D eigenvalue weighted by molar-refractivity contribution is 5.31. The van der Waals surface area contributed by atoms with Crippen molar-refractivity contribution in [1.82, 2.24) is 0 Å². The van der Waals surface area contributed by atoms with Crippen molar-refractivity contribution in [2.24, 2.45) is 28.6 Å². The van der Waals surface area contributed by atoms with Crippen LogP contribution in [0.5, 0.6) is 0 Å². The van der Waals surface area contributed by atoms with Gasteiger partial charge in [0, 0.05) is 6.08 Å². The molecule has 0 heterocycles. The van der Waals surface area contributed by atoms with E-state index in [9.17, 15) is 0 Å². The van der Waals surface area contributed by atoms with Crippen LogP contribution in [0.2, 0.25) is 0 Å². The summed E-state index contributed by atoms with van der Waals surface area (Å²) in [5.74, 6) is 2.60. The lowest BCUT2D eigenvalue weighted by atomic mass is 9.48. The third-order valence-electron chi connectivity index (χ3n) is 8.10. The molecule has 4 rings (SSSR count). The molecular weight excluding hydrogens is 266 g/mol. The van der Waals surface area contributed by atoms with E-state index in [1.54, 1.807) is 5.57 Å². The molecule has 0 aromatic carbocycles. The zero-order valence-corrected chi connectivity index (χ0v) is 14.2. The van der Waals surface area contributed by atoms with E-state index < -0.39 is 0 Å². The lowest BCUT2D eigenvalue weighted by Crippen LogP contribution is -2.48. The van der Waals surface area contributed by atoms with E-state index in [1.807, 2.05) is 6.08 Å². The van der Waals surface area contributed by atoms with Gasteiger partial charge in [-0.25, -0.2) is 0 Å². The van der Waals surface area contributed by atoms with Gasteiger partial charge in [-0.3, -0.25) is 0 Å². The highest BCUT2D eigenvalue weighted by Crippen LogP contribution is 2.65. The largest absolute Gasteiger partial charge is 0.193 e. The maximum atomic E-state index is 9.12. The first-order valence-electron chi connectivity index (χ1n) is 9.38. The fourth-order valence-electron chi connectivity index (χ4n) is 6.86. The van der Waals surface area contributed by atoms with Crippen molar-refractivity contribution in [3.63, 3.8) is 0 Å². The van der Waals surface area contributed by atoms with Crippen molar-refractivity contribution in [2.45, 2.75) is 71.6 Å². The van der Waals surface area contributed by atoms with E-state index in [4.69, 9.17) is 5.26 Å². The number of nitrogens with zero attached hydrogens (tertiary/aromatic N) is 1. The Labute approximate surface area is 135 Å². The molecule has 0 aliphatic heterocycles. The van der Waals surface area contributed by atoms with Crippen LogP contribution in [-0.4, -0.2) is 0 Å². The monoisotopic (exact) mass is 295 g/mol. The molecule has 0 spiro atoms. The average molecular weight is 295 g/mol. The number of hydrogen-bond donors (Lipinski definition) is 0. The summed E-state index contributed by atoms with van der Waals surface area (Å²) < 4.78 is 0. The third kappa shape index (κ3) is 1.82. The number of fused-ring (bicyclic) bond motifs is 5. The third-order valence-corrected chi connectivity index (χ3v) is 8.10.